The SMILES string of the molecule is O=C(Cn1nnc(-c2ccccc2)n1)NCc1cc(Cl)c2c(c1)OCCCO2. The third-order valence-electron chi connectivity index (χ3n) is 4.12. The van der Waals surface area contributed by atoms with Crippen LogP contribution in [0.4, 0.5) is 0 Å². The minimum atomic E-state index is -0.236. The van der Waals surface area contributed by atoms with Crippen molar-refractivity contribution in [3.05, 3.63) is 53.1 Å². The van der Waals surface area contributed by atoms with Crippen LogP contribution in [0.2, 0.25) is 5.02 Å². The summed E-state index contributed by atoms with van der Waals surface area (Å²) >= 11 is 6.28. The number of amides is 1. The Balaban J connectivity index is 1.37. The van der Waals surface area contributed by atoms with Crippen molar-refractivity contribution in [2.45, 2.75) is 19.5 Å². The number of ether oxygens (including phenoxy) is 2. The summed E-state index contributed by atoms with van der Waals surface area (Å²) in [5.74, 6) is 1.39. The maximum atomic E-state index is 12.2. The van der Waals surface area contributed by atoms with E-state index in [0.29, 0.717) is 42.1 Å². The van der Waals surface area contributed by atoms with Gasteiger partial charge in [-0.1, -0.05) is 41.9 Å². The fourth-order valence-electron chi connectivity index (χ4n) is 2.78. The normalized spacial score (nSPS) is 13.0. The van der Waals surface area contributed by atoms with E-state index in [1.165, 1.54) is 4.80 Å². The monoisotopic (exact) mass is 399 g/mol. The van der Waals surface area contributed by atoms with E-state index in [1.54, 1.807) is 6.07 Å². The smallest absolute Gasteiger partial charge is 0.243 e. The average Bonchev–Trinajstić information content (AvgIpc) is 3.03. The number of hydrogen-bond acceptors (Lipinski definition) is 6. The molecule has 0 bridgehead atoms. The standard InChI is InChI=1S/C19H18ClN5O3/c20-15-9-13(10-16-18(15)28-8-4-7-27-16)11-21-17(26)12-25-23-19(22-24-25)14-5-2-1-3-6-14/h1-3,5-6,9-10H,4,7-8,11-12H2,(H,21,26). The van der Waals surface area contributed by atoms with Crippen molar-refractivity contribution in [2.75, 3.05) is 13.2 Å². The number of fused-ring (bicyclic) bond motifs is 1. The molecule has 0 aliphatic carbocycles. The molecule has 2 aromatic carbocycles. The molecule has 0 saturated carbocycles. The van der Waals surface area contributed by atoms with Gasteiger partial charge in [-0.15, -0.1) is 10.2 Å². The van der Waals surface area contributed by atoms with E-state index in [0.717, 1.165) is 17.5 Å². The van der Waals surface area contributed by atoms with E-state index in [1.807, 2.05) is 36.4 Å². The van der Waals surface area contributed by atoms with Crippen LogP contribution in [-0.4, -0.2) is 39.3 Å². The molecule has 3 aromatic rings. The van der Waals surface area contributed by atoms with Gasteiger partial charge in [0.2, 0.25) is 11.7 Å². The highest BCUT2D eigenvalue weighted by molar-refractivity contribution is 6.32. The Labute approximate surface area is 166 Å². The van der Waals surface area contributed by atoms with E-state index >= 15 is 0 Å². The fraction of sp³-hybridized carbons (Fsp3) is 0.263. The summed E-state index contributed by atoms with van der Waals surface area (Å²) in [6, 6.07) is 13.1. The topological polar surface area (TPSA) is 91.2 Å². The van der Waals surface area contributed by atoms with Crippen molar-refractivity contribution in [3.8, 4) is 22.9 Å². The van der Waals surface area contributed by atoms with Crippen LogP contribution in [0.1, 0.15) is 12.0 Å². The van der Waals surface area contributed by atoms with Gasteiger partial charge in [-0.05, 0) is 22.9 Å². The molecule has 1 aromatic heterocycles. The predicted molar refractivity (Wildman–Crippen MR) is 102 cm³/mol. The number of rotatable bonds is 5. The van der Waals surface area contributed by atoms with Crippen LogP contribution >= 0.6 is 11.6 Å². The summed E-state index contributed by atoms with van der Waals surface area (Å²) in [6.07, 6.45) is 0.799. The van der Waals surface area contributed by atoms with Gasteiger partial charge in [0.1, 0.15) is 6.54 Å². The molecule has 9 heteroatoms. The van der Waals surface area contributed by atoms with Crippen molar-refractivity contribution in [1.82, 2.24) is 25.5 Å². The zero-order valence-corrected chi connectivity index (χ0v) is 15.7. The predicted octanol–water partition coefficient (Wildman–Crippen LogP) is 2.47. The average molecular weight is 400 g/mol. The van der Waals surface area contributed by atoms with Crippen LogP contribution < -0.4 is 14.8 Å². The summed E-state index contributed by atoms with van der Waals surface area (Å²) < 4.78 is 11.3. The van der Waals surface area contributed by atoms with Crippen LogP contribution in [0.15, 0.2) is 42.5 Å². The number of nitrogens with zero attached hydrogens (tertiary/aromatic N) is 4. The summed E-state index contributed by atoms with van der Waals surface area (Å²) in [6.45, 7) is 1.41. The molecule has 4 rings (SSSR count). The second-order valence-electron chi connectivity index (χ2n) is 6.24. The van der Waals surface area contributed by atoms with Crippen molar-refractivity contribution in [2.24, 2.45) is 0 Å². The lowest BCUT2D eigenvalue weighted by atomic mass is 10.2. The molecule has 144 valence electrons. The highest BCUT2D eigenvalue weighted by Gasteiger charge is 2.16. The molecule has 0 saturated heterocycles. The zero-order chi connectivity index (χ0) is 19.3. The van der Waals surface area contributed by atoms with Gasteiger partial charge in [-0.3, -0.25) is 4.79 Å². The van der Waals surface area contributed by atoms with Gasteiger partial charge in [-0.2, -0.15) is 4.80 Å². The molecule has 0 spiro atoms. The number of nitrogens with one attached hydrogen (secondary N) is 1. The molecular weight excluding hydrogens is 382 g/mol. The van der Waals surface area contributed by atoms with Gasteiger partial charge >= 0.3 is 0 Å². The number of hydrogen-bond donors (Lipinski definition) is 1. The molecule has 2 heterocycles. The first-order valence-electron chi connectivity index (χ1n) is 8.87. The number of tetrazole rings is 1. The number of halogens is 1. The first kappa shape index (κ1) is 18.2. The Bertz CT molecular complexity index is 977. The first-order chi connectivity index (χ1) is 13.7. The molecule has 1 amide bonds. The Hall–Kier alpha value is -3.13. The van der Waals surface area contributed by atoms with Crippen LogP contribution in [0.3, 0.4) is 0 Å². The molecule has 1 aliphatic heterocycles. The Morgan fingerprint density at radius 2 is 2.00 bits per heavy atom. The second kappa shape index (κ2) is 8.26. The number of carbonyl (C=O) groups excluding carboxylic acids is 1. The lowest BCUT2D eigenvalue weighted by Crippen LogP contribution is -2.28. The minimum absolute atomic E-state index is 0.0296. The summed E-state index contributed by atoms with van der Waals surface area (Å²) in [4.78, 5) is 13.5. The summed E-state index contributed by atoms with van der Waals surface area (Å²) in [7, 11) is 0. The minimum Gasteiger partial charge on any atom is -0.489 e. The largest absolute Gasteiger partial charge is 0.489 e. The van der Waals surface area contributed by atoms with Crippen molar-refractivity contribution < 1.29 is 14.3 Å². The lowest BCUT2D eigenvalue weighted by molar-refractivity contribution is -0.122. The summed E-state index contributed by atoms with van der Waals surface area (Å²) in [5, 5.41) is 15.4. The maximum absolute atomic E-state index is 12.2. The zero-order valence-electron chi connectivity index (χ0n) is 15.0. The molecule has 0 unspecified atom stereocenters. The Morgan fingerprint density at radius 3 is 2.86 bits per heavy atom. The number of benzene rings is 2. The van der Waals surface area contributed by atoms with E-state index in [2.05, 4.69) is 20.7 Å². The van der Waals surface area contributed by atoms with E-state index < -0.39 is 0 Å². The third kappa shape index (κ3) is 4.23. The molecular formula is C19H18ClN5O3. The van der Waals surface area contributed by atoms with Crippen molar-refractivity contribution >= 4 is 17.5 Å². The molecule has 0 atom stereocenters. The van der Waals surface area contributed by atoms with Crippen LogP contribution in [-0.2, 0) is 17.9 Å². The van der Waals surface area contributed by atoms with Crippen molar-refractivity contribution in [3.63, 3.8) is 0 Å². The van der Waals surface area contributed by atoms with Crippen LogP contribution in [0, 0.1) is 0 Å². The molecule has 1 aliphatic rings. The highest BCUT2D eigenvalue weighted by atomic mass is 35.5. The van der Waals surface area contributed by atoms with Gasteiger partial charge in [0.15, 0.2) is 11.5 Å². The van der Waals surface area contributed by atoms with E-state index in [-0.39, 0.29) is 12.5 Å². The number of aromatic nitrogens is 4. The van der Waals surface area contributed by atoms with Gasteiger partial charge in [0.25, 0.3) is 0 Å². The Morgan fingerprint density at radius 1 is 1.18 bits per heavy atom. The Kier molecular flexibility index (Phi) is 5.38. The van der Waals surface area contributed by atoms with Crippen molar-refractivity contribution in [1.29, 1.82) is 0 Å². The fourth-order valence-corrected chi connectivity index (χ4v) is 3.07. The molecule has 0 radical (unpaired) electrons. The van der Waals surface area contributed by atoms with Gasteiger partial charge in [0.05, 0.1) is 18.2 Å². The van der Waals surface area contributed by atoms with Crippen LogP contribution in [0.5, 0.6) is 11.5 Å². The van der Waals surface area contributed by atoms with Gasteiger partial charge in [-0.25, -0.2) is 0 Å². The third-order valence-corrected chi connectivity index (χ3v) is 4.40. The van der Waals surface area contributed by atoms with E-state index in [4.69, 9.17) is 21.1 Å². The quantitative estimate of drug-likeness (QED) is 0.708. The molecule has 28 heavy (non-hydrogen) atoms. The molecule has 0 fully saturated rings. The van der Waals surface area contributed by atoms with Crippen LogP contribution in [0.25, 0.3) is 11.4 Å². The lowest BCUT2D eigenvalue weighted by Gasteiger charge is -2.12. The maximum Gasteiger partial charge on any atom is 0.243 e. The molecule has 1 N–H and O–H groups in total. The second-order valence-corrected chi connectivity index (χ2v) is 6.65. The number of carbonyl (C=O) groups is 1. The van der Waals surface area contributed by atoms with Gasteiger partial charge < -0.3 is 14.8 Å². The molecule has 8 nitrogen and oxygen atoms in total. The first-order valence-corrected chi connectivity index (χ1v) is 9.25. The van der Waals surface area contributed by atoms with E-state index in [9.17, 15) is 4.79 Å². The highest BCUT2D eigenvalue weighted by Crippen LogP contribution is 2.37. The van der Waals surface area contributed by atoms with Gasteiger partial charge in [0, 0.05) is 18.5 Å². The summed E-state index contributed by atoms with van der Waals surface area (Å²) in [5.41, 5.74) is 1.66.